The first-order valence-electron chi connectivity index (χ1n) is 9.63. The van der Waals surface area contributed by atoms with Gasteiger partial charge >= 0.3 is 0 Å². The Kier molecular flexibility index (Phi) is 5.77. The van der Waals surface area contributed by atoms with Crippen LogP contribution >= 0.6 is 0 Å². The molecular formula is C21H30N4O. The Balaban J connectivity index is 1.73. The average molecular weight is 354 g/mol. The molecule has 0 unspecified atom stereocenters. The van der Waals surface area contributed by atoms with Crippen LogP contribution in [0, 0.1) is 13.8 Å². The van der Waals surface area contributed by atoms with E-state index in [0.29, 0.717) is 18.6 Å². The van der Waals surface area contributed by atoms with Crippen molar-refractivity contribution < 1.29 is 4.79 Å². The SMILES string of the molecule is Cc1ccc(-n2nc(C)cc2NC(=O)CN(C(C)C)C2CCCC2)cc1. The Hall–Kier alpha value is -2.14. The van der Waals surface area contributed by atoms with E-state index in [4.69, 9.17) is 0 Å². The molecule has 1 heterocycles. The molecule has 0 bridgehead atoms. The van der Waals surface area contributed by atoms with E-state index in [1.165, 1.54) is 31.2 Å². The molecule has 1 aromatic carbocycles. The fraction of sp³-hybridized carbons (Fsp3) is 0.524. The summed E-state index contributed by atoms with van der Waals surface area (Å²) in [4.78, 5) is 15.1. The van der Waals surface area contributed by atoms with Crippen LogP contribution in [-0.4, -0.2) is 39.2 Å². The minimum absolute atomic E-state index is 0.0267. The Labute approximate surface area is 156 Å². The largest absolute Gasteiger partial charge is 0.309 e. The Bertz CT molecular complexity index is 742. The van der Waals surface area contributed by atoms with E-state index in [2.05, 4.69) is 48.2 Å². The molecule has 1 aromatic heterocycles. The molecule has 0 atom stereocenters. The van der Waals surface area contributed by atoms with Crippen LogP contribution in [0.2, 0.25) is 0 Å². The summed E-state index contributed by atoms with van der Waals surface area (Å²) in [6.45, 7) is 8.78. The third-order valence-corrected chi connectivity index (χ3v) is 5.16. The summed E-state index contributed by atoms with van der Waals surface area (Å²) in [5.41, 5.74) is 3.04. The molecule has 5 nitrogen and oxygen atoms in total. The molecular weight excluding hydrogens is 324 g/mol. The van der Waals surface area contributed by atoms with Gasteiger partial charge in [0.25, 0.3) is 0 Å². The van der Waals surface area contributed by atoms with Gasteiger partial charge < -0.3 is 5.32 Å². The number of nitrogens with zero attached hydrogens (tertiary/aromatic N) is 3. The van der Waals surface area contributed by atoms with E-state index in [1.54, 1.807) is 0 Å². The van der Waals surface area contributed by atoms with Gasteiger partial charge in [-0.25, -0.2) is 4.68 Å². The third-order valence-electron chi connectivity index (χ3n) is 5.16. The summed E-state index contributed by atoms with van der Waals surface area (Å²) in [6.07, 6.45) is 4.95. The van der Waals surface area contributed by atoms with Crippen LogP contribution in [-0.2, 0) is 4.79 Å². The topological polar surface area (TPSA) is 50.2 Å². The maximum Gasteiger partial charge on any atom is 0.239 e. The van der Waals surface area contributed by atoms with Crippen molar-refractivity contribution in [1.29, 1.82) is 0 Å². The van der Waals surface area contributed by atoms with E-state index in [0.717, 1.165) is 17.2 Å². The summed E-state index contributed by atoms with van der Waals surface area (Å²) in [5.74, 6) is 0.755. The van der Waals surface area contributed by atoms with Gasteiger partial charge in [-0.1, -0.05) is 30.5 Å². The van der Waals surface area contributed by atoms with Crippen LogP contribution in [0.25, 0.3) is 5.69 Å². The molecule has 1 aliphatic carbocycles. The quantitative estimate of drug-likeness (QED) is 0.850. The second-order valence-electron chi connectivity index (χ2n) is 7.67. The second-order valence-corrected chi connectivity index (χ2v) is 7.67. The molecule has 1 N–H and O–H groups in total. The summed E-state index contributed by atoms with van der Waals surface area (Å²) in [6, 6.07) is 11.0. The van der Waals surface area contributed by atoms with E-state index in [1.807, 2.05) is 29.8 Å². The molecule has 140 valence electrons. The first-order chi connectivity index (χ1) is 12.4. The molecule has 1 saturated carbocycles. The lowest BCUT2D eigenvalue weighted by Gasteiger charge is -2.31. The number of anilines is 1. The van der Waals surface area contributed by atoms with Crippen molar-refractivity contribution in [3.63, 3.8) is 0 Å². The highest BCUT2D eigenvalue weighted by Crippen LogP contribution is 2.25. The number of benzene rings is 1. The van der Waals surface area contributed by atoms with Gasteiger partial charge in [0.1, 0.15) is 5.82 Å². The van der Waals surface area contributed by atoms with Crippen molar-refractivity contribution in [3.05, 3.63) is 41.6 Å². The van der Waals surface area contributed by atoms with E-state index >= 15 is 0 Å². The Morgan fingerprint density at radius 3 is 2.50 bits per heavy atom. The Morgan fingerprint density at radius 1 is 1.23 bits per heavy atom. The van der Waals surface area contributed by atoms with Gasteiger partial charge in [-0.3, -0.25) is 9.69 Å². The number of hydrogen-bond acceptors (Lipinski definition) is 3. The monoisotopic (exact) mass is 354 g/mol. The molecule has 0 radical (unpaired) electrons. The zero-order chi connectivity index (χ0) is 18.7. The highest BCUT2D eigenvalue weighted by atomic mass is 16.2. The smallest absolute Gasteiger partial charge is 0.239 e. The van der Waals surface area contributed by atoms with Crippen LogP contribution < -0.4 is 5.32 Å². The van der Waals surface area contributed by atoms with Crippen molar-refractivity contribution in [2.24, 2.45) is 0 Å². The molecule has 1 aliphatic rings. The van der Waals surface area contributed by atoms with Gasteiger partial charge in [-0.05, 0) is 52.7 Å². The molecule has 0 aliphatic heterocycles. The van der Waals surface area contributed by atoms with Gasteiger partial charge in [0.05, 0.1) is 17.9 Å². The predicted molar refractivity (Wildman–Crippen MR) is 106 cm³/mol. The zero-order valence-corrected chi connectivity index (χ0v) is 16.3. The number of amides is 1. The standard InChI is InChI=1S/C21H30N4O/c1-15(2)24(18-7-5-6-8-18)14-21(26)22-20-13-17(4)23-25(20)19-11-9-16(3)10-12-19/h9-13,15,18H,5-8,14H2,1-4H3,(H,22,26). The lowest BCUT2D eigenvalue weighted by atomic mass is 10.1. The van der Waals surface area contributed by atoms with Gasteiger partial charge in [0.2, 0.25) is 5.91 Å². The van der Waals surface area contributed by atoms with Gasteiger partial charge in [-0.2, -0.15) is 5.10 Å². The normalized spacial score (nSPS) is 15.2. The number of aryl methyl sites for hydroxylation is 2. The average Bonchev–Trinajstić information content (AvgIpc) is 3.23. The van der Waals surface area contributed by atoms with E-state index in [9.17, 15) is 4.79 Å². The Morgan fingerprint density at radius 2 is 1.88 bits per heavy atom. The summed E-state index contributed by atoms with van der Waals surface area (Å²) in [5, 5.41) is 7.62. The minimum atomic E-state index is 0.0267. The number of nitrogens with one attached hydrogen (secondary N) is 1. The number of rotatable bonds is 6. The summed E-state index contributed by atoms with van der Waals surface area (Å²) >= 11 is 0. The van der Waals surface area contributed by atoms with Crippen LogP contribution in [0.4, 0.5) is 5.82 Å². The molecule has 3 rings (SSSR count). The van der Waals surface area contributed by atoms with E-state index in [-0.39, 0.29) is 5.91 Å². The lowest BCUT2D eigenvalue weighted by Crippen LogP contribution is -2.44. The fourth-order valence-corrected chi connectivity index (χ4v) is 3.79. The number of carbonyl (C=O) groups excluding carboxylic acids is 1. The zero-order valence-electron chi connectivity index (χ0n) is 16.3. The van der Waals surface area contributed by atoms with Crippen molar-refractivity contribution in [3.8, 4) is 5.69 Å². The van der Waals surface area contributed by atoms with Gasteiger partial charge in [0, 0.05) is 18.2 Å². The van der Waals surface area contributed by atoms with Crippen LogP contribution in [0.5, 0.6) is 0 Å². The fourth-order valence-electron chi connectivity index (χ4n) is 3.79. The minimum Gasteiger partial charge on any atom is -0.309 e. The molecule has 0 saturated heterocycles. The molecule has 0 spiro atoms. The van der Waals surface area contributed by atoms with Crippen molar-refractivity contribution in [2.45, 2.75) is 65.5 Å². The highest BCUT2D eigenvalue weighted by molar-refractivity contribution is 5.91. The molecule has 1 amide bonds. The maximum absolute atomic E-state index is 12.7. The van der Waals surface area contributed by atoms with Crippen molar-refractivity contribution in [2.75, 3.05) is 11.9 Å². The lowest BCUT2D eigenvalue weighted by molar-refractivity contribution is -0.118. The number of carbonyl (C=O) groups is 1. The molecule has 26 heavy (non-hydrogen) atoms. The van der Waals surface area contributed by atoms with Crippen LogP contribution in [0.15, 0.2) is 30.3 Å². The van der Waals surface area contributed by atoms with Gasteiger partial charge in [-0.15, -0.1) is 0 Å². The van der Waals surface area contributed by atoms with Crippen LogP contribution in [0.1, 0.15) is 50.8 Å². The summed E-state index contributed by atoms with van der Waals surface area (Å²) in [7, 11) is 0. The first kappa shape index (κ1) is 18.6. The number of aromatic nitrogens is 2. The third kappa shape index (κ3) is 4.33. The van der Waals surface area contributed by atoms with Crippen molar-refractivity contribution >= 4 is 11.7 Å². The van der Waals surface area contributed by atoms with Crippen LogP contribution in [0.3, 0.4) is 0 Å². The van der Waals surface area contributed by atoms with Crippen molar-refractivity contribution in [1.82, 2.24) is 14.7 Å². The van der Waals surface area contributed by atoms with E-state index < -0.39 is 0 Å². The number of hydrogen-bond donors (Lipinski definition) is 1. The van der Waals surface area contributed by atoms with Gasteiger partial charge in [0.15, 0.2) is 0 Å². The first-order valence-corrected chi connectivity index (χ1v) is 9.63. The summed E-state index contributed by atoms with van der Waals surface area (Å²) < 4.78 is 1.81. The molecule has 1 fully saturated rings. The highest BCUT2D eigenvalue weighted by Gasteiger charge is 2.26. The molecule has 5 heteroatoms. The maximum atomic E-state index is 12.7. The second kappa shape index (κ2) is 8.04. The molecule has 2 aromatic rings. The predicted octanol–water partition coefficient (Wildman–Crippen LogP) is 4.08.